The van der Waals surface area contributed by atoms with E-state index in [-0.39, 0.29) is 5.75 Å². The van der Waals surface area contributed by atoms with Gasteiger partial charge in [-0.2, -0.15) is 0 Å². The summed E-state index contributed by atoms with van der Waals surface area (Å²) in [6.45, 7) is 0.322. The van der Waals surface area contributed by atoms with Crippen molar-refractivity contribution in [1.82, 2.24) is 9.71 Å². The van der Waals surface area contributed by atoms with Crippen LogP contribution in [0.25, 0.3) is 0 Å². The number of aryl methyl sites for hydroxylation is 1. The van der Waals surface area contributed by atoms with E-state index in [4.69, 9.17) is 23.2 Å². The predicted molar refractivity (Wildman–Crippen MR) is 89.9 cm³/mol. The molecular weight excluding hydrogens is 343 g/mol. The predicted octanol–water partition coefficient (Wildman–Crippen LogP) is 3.09. The molecule has 0 radical (unpaired) electrons. The molecule has 4 nitrogen and oxygen atoms in total. The summed E-state index contributed by atoms with van der Waals surface area (Å²) in [5.74, 6) is 0.0192. The average molecular weight is 359 g/mol. The largest absolute Gasteiger partial charge is 0.261 e. The summed E-state index contributed by atoms with van der Waals surface area (Å²) in [6, 6.07) is 10.7. The summed E-state index contributed by atoms with van der Waals surface area (Å²) in [4.78, 5) is 4.11. The highest BCUT2D eigenvalue weighted by atomic mass is 35.5. The number of pyridine rings is 1. The first-order valence-electron chi connectivity index (χ1n) is 6.77. The van der Waals surface area contributed by atoms with Crippen LogP contribution in [0.5, 0.6) is 0 Å². The lowest BCUT2D eigenvalue weighted by molar-refractivity contribution is 0.580. The SMILES string of the molecule is O=S(=O)(CCc1ccccn1)NCCc1ccc(Cl)c(Cl)c1. The molecule has 1 aromatic carbocycles. The smallest absolute Gasteiger partial charge is 0.211 e. The highest BCUT2D eigenvalue weighted by Crippen LogP contribution is 2.22. The Balaban J connectivity index is 1.81. The van der Waals surface area contributed by atoms with Crippen LogP contribution in [0.1, 0.15) is 11.3 Å². The second-order valence-electron chi connectivity index (χ2n) is 4.78. The lowest BCUT2D eigenvalue weighted by Gasteiger charge is -2.07. The molecule has 0 aliphatic carbocycles. The van der Waals surface area contributed by atoms with E-state index in [0.717, 1.165) is 11.3 Å². The van der Waals surface area contributed by atoms with Gasteiger partial charge in [-0.25, -0.2) is 13.1 Å². The van der Waals surface area contributed by atoms with Crippen molar-refractivity contribution in [2.45, 2.75) is 12.8 Å². The van der Waals surface area contributed by atoms with Gasteiger partial charge in [0.15, 0.2) is 0 Å². The standard InChI is InChI=1S/C15H16Cl2N2O2S/c16-14-5-4-12(11-15(14)17)6-9-19-22(20,21)10-7-13-3-1-2-8-18-13/h1-5,8,11,19H,6-7,9-10H2. The van der Waals surface area contributed by atoms with Gasteiger partial charge in [0.2, 0.25) is 10.0 Å². The molecule has 1 heterocycles. The van der Waals surface area contributed by atoms with Crippen LogP contribution in [0.4, 0.5) is 0 Å². The van der Waals surface area contributed by atoms with Gasteiger partial charge in [-0.15, -0.1) is 0 Å². The van der Waals surface area contributed by atoms with Crippen molar-refractivity contribution in [2.24, 2.45) is 0 Å². The zero-order valence-electron chi connectivity index (χ0n) is 11.8. The number of hydrogen-bond acceptors (Lipinski definition) is 3. The number of rotatable bonds is 7. The highest BCUT2D eigenvalue weighted by Gasteiger charge is 2.10. The van der Waals surface area contributed by atoms with E-state index in [9.17, 15) is 8.42 Å². The third-order valence-corrected chi connectivity index (χ3v) is 5.20. The first kappa shape index (κ1) is 17.2. The van der Waals surface area contributed by atoms with Crippen LogP contribution in [0.2, 0.25) is 10.0 Å². The first-order chi connectivity index (χ1) is 10.5. The Morgan fingerprint density at radius 3 is 2.55 bits per heavy atom. The number of sulfonamides is 1. The zero-order valence-corrected chi connectivity index (χ0v) is 14.1. The fourth-order valence-electron chi connectivity index (χ4n) is 1.90. The van der Waals surface area contributed by atoms with E-state index in [0.29, 0.717) is 29.4 Å². The molecule has 0 aliphatic heterocycles. The van der Waals surface area contributed by atoms with E-state index in [1.54, 1.807) is 24.4 Å². The molecule has 7 heteroatoms. The van der Waals surface area contributed by atoms with Crippen LogP contribution < -0.4 is 4.72 Å². The molecule has 1 N–H and O–H groups in total. The maximum absolute atomic E-state index is 11.9. The lowest BCUT2D eigenvalue weighted by atomic mass is 10.1. The van der Waals surface area contributed by atoms with E-state index in [1.165, 1.54) is 0 Å². The van der Waals surface area contributed by atoms with Crippen molar-refractivity contribution in [2.75, 3.05) is 12.3 Å². The topological polar surface area (TPSA) is 59.1 Å². The number of aromatic nitrogens is 1. The lowest BCUT2D eigenvalue weighted by Crippen LogP contribution is -2.29. The van der Waals surface area contributed by atoms with Gasteiger partial charge < -0.3 is 0 Å². The Morgan fingerprint density at radius 1 is 1.05 bits per heavy atom. The van der Waals surface area contributed by atoms with Gasteiger partial charge in [0.25, 0.3) is 0 Å². The van der Waals surface area contributed by atoms with E-state index in [2.05, 4.69) is 9.71 Å². The number of hydrogen-bond donors (Lipinski definition) is 1. The van der Waals surface area contributed by atoms with Gasteiger partial charge in [0.1, 0.15) is 0 Å². The van der Waals surface area contributed by atoms with Crippen molar-refractivity contribution in [3.05, 3.63) is 63.9 Å². The zero-order chi connectivity index (χ0) is 16.0. The summed E-state index contributed by atoms with van der Waals surface area (Å²) in [5, 5.41) is 0.957. The molecular formula is C15H16Cl2N2O2S. The molecule has 2 rings (SSSR count). The number of nitrogens with zero attached hydrogens (tertiary/aromatic N) is 1. The van der Waals surface area contributed by atoms with Gasteiger partial charge in [-0.3, -0.25) is 4.98 Å². The molecule has 2 aromatic rings. The molecule has 0 fully saturated rings. The van der Waals surface area contributed by atoms with Crippen molar-refractivity contribution < 1.29 is 8.42 Å². The average Bonchev–Trinajstić information content (AvgIpc) is 2.50. The Labute approximate surface area is 140 Å². The Kier molecular flexibility index (Phi) is 6.20. The molecule has 118 valence electrons. The molecule has 0 spiro atoms. The second kappa shape index (κ2) is 7.92. The van der Waals surface area contributed by atoms with Crippen molar-refractivity contribution >= 4 is 33.2 Å². The van der Waals surface area contributed by atoms with Crippen LogP contribution in [-0.4, -0.2) is 25.7 Å². The van der Waals surface area contributed by atoms with Crippen LogP contribution in [0.15, 0.2) is 42.6 Å². The fraction of sp³-hybridized carbons (Fsp3) is 0.267. The molecule has 0 saturated carbocycles. The molecule has 0 bridgehead atoms. The molecule has 0 atom stereocenters. The number of nitrogens with one attached hydrogen (secondary N) is 1. The van der Waals surface area contributed by atoms with E-state index in [1.807, 2.05) is 18.2 Å². The third-order valence-electron chi connectivity index (χ3n) is 3.07. The molecule has 0 amide bonds. The summed E-state index contributed by atoms with van der Waals surface area (Å²) in [7, 11) is -3.32. The van der Waals surface area contributed by atoms with Gasteiger partial charge >= 0.3 is 0 Å². The number of halogens is 2. The molecule has 22 heavy (non-hydrogen) atoms. The first-order valence-corrected chi connectivity index (χ1v) is 9.18. The minimum atomic E-state index is -3.32. The minimum Gasteiger partial charge on any atom is -0.261 e. The van der Waals surface area contributed by atoms with Crippen LogP contribution >= 0.6 is 23.2 Å². The van der Waals surface area contributed by atoms with Gasteiger partial charge in [0.05, 0.1) is 15.8 Å². The normalized spacial score (nSPS) is 11.5. The maximum atomic E-state index is 11.9. The van der Waals surface area contributed by atoms with Crippen molar-refractivity contribution in [3.63, 3.8) is 0 Å². The van der Waals surface area contributed by atoms with Gasteiger partial charge in [0, 0.05) is 24.9 Å². The monoisotopic (exact) mass is 358 g/mol. The summed E-state index contributed by atoms with van der Waals surface area (Å²) < 4.78 is 26.4. The Morgan fingerprint density at radius 2 is 1.86 bits per heavy atom. The van der Waals surface area contributed by atoms with Crippen LogP contribution in [0.3, 0.4) is 0 Å². The minimum absolute atomic E-state index is 0.0192. The maximum Gasteiger partial charge on any atom is 0.211 e. The number of benzene rings is 1. The molecule has 0 saturated heterocycles. The van der Waals surface area contributed by atoms with E-state index >= 15 is 0 Å². The second-order valence-corrected chi connectivity index (χ2v) is 7.52. The van der Waals surface area contributed by atoms with Gasteiger partial charge in [-0.1, -0.05) is 35.3 Å². The van der Waals surface area contributed by atoms with Crippen molar-refractivity contribution in [3.8, 4) is 0 Å². The molecule has 1 aromatic heterocycles. The third kappa shape index (κ3) is 5.57. The quantitative estimate of drug-likeness (QED) is 0.827. The summed E-state index contributed by atoms with van der Waals surface area (Å²) in [6.07, 6.45) is 2.60. The molecule has 0 unspecified atom stereocenters. The van der Waals surface area contributed by atoms with Crippen molar-refractivity contribution in [1.29, 1.82) is 0 Å². The van der Waals surface area contributed by atoms with Gasteiger partial charge in [-0.05, 0) is 36.2 Å². The van der Waals surface area contributed by atoms with Crippen LogP contribution in [0, 0.1) is 0 Å². The Bertz CT molecular complexity index is 722. The molecule has 0 aliphatic rings. The fourth-order valence-corrected chi connectivity index (χ4v) is 3.26. The summed E-state index contributed by atoms with van der Waals surface area (Å²) >= 11 is 11.8. The highest BCUT2D eigenvalue weighted by molar-refractivity contribution is 7.89. The Hall–Kier alpha value is -1.14. The summed E-state index contributed by atoms with van der Waals surface area (Å²) in [5.41, 5.74) is 1.69. The van der Waals surface area contributed by atoms with Crippen LogP contribution in [-0.2, 0) is 22.9 Å². The van der Waals surface area contributed by atoms with E-state index < -0.39 is 10.0 Å².